The molecule has 0 bridgehead atoms. The lowest BCUT2D eigenvalue weighted by atomic mass is 9.97. The zero-order chi connectivity index (χ0) is 36.5. The summed E-state index contributed by atoms with van der Waals surface area (Å²) in [7, 11) is 1.06. The lowest BCUT2D eigenvalue weighted by Crippen LogP contribution is -2.55. The van der Waals surface area contributed by atoms with Crippen molar-refractivity contribution in [3.05, 3.63) is 53.0 Å². The van der Waals surface area contributed by atoms with Crippen LogP contribution in [0.5, 0.6) is 5.88 Å². The molecule has 3 heterocycles. The molecule has 4 rings (SSSR count). The maximum atomic E-state index is 16.0. The highest BCUT2D eigenvalue weighted by Crippen LogP contribution is 2.39. The Morgan fingerprint density at radius 3 is 2.27 bits per heavy atom. The predicted molar refractivity (Wildman–Crippen MR) is 189 cm³/mol. The molecule has 0 aliphatic carbocycles. The van der Waals surface area contributed by atoms with Crippen LogP contribution >= 0.6 is 10.0 Å². The summed E-state index contributed by atoms with van der Waals surface area (Å²) in [4.78, 5) is 35.9. The van der Waals surface area contributed by atoms with E-state index in [2.05, 4.69) is 34.0 Å². The summed E-state index contributed by atoms with van der Waals surface area (Å²) in [5, 5.41) is 2.67. The Balaban J connectivity index is 1.69. The van der Waals surface area contributed by atoms with Crippen LogP contribution in [0.4, 0.5) is 33.7 Å². The van der Waals surface area contributed by atoms with E-state index in [1.807, 2.05) is 25.8 Å². The number of nitrogens with one attached hydrogen (secondary N) is 1. The zero-order valence-corrected chi connectivity index (χ0v) is 30.6. The number of benzene rings is 1. The number of rotatable bonds is 8. The lowest BCUT2D eigenvalue weighted by molar-refractivity contribution is -0.138. The first-order valence-corrected chi connectivity index (χ1v) is 19.3. The molecule has 0 spiro atoms. The van der Waals surface area contributed by atoms with Crippen LogP contribution in [0.3, 0.4) is 0 Å². The molecule has 1 aromatic carbocycles. The van der Waals surface area contributed by atoms with E-state index in [9.17, 15) is 22.8 Å². The monoisotopic (exact) mass is 711 g/mol. The lowest BCUT2D eigenvalue weighted by Gasteiger charge is -2.44. The van der Waals surface area contributed by atoms with Gasteiger partial charge in [-0.15, -0.1) is 0 Å². The summed E-state index contributed by atoms with van der Waals surface area (Å²) >= 11 is 0. The quantitative estimate of drug-likeness (QED) is 0.292. The van der Waals surface area contributed by atoms with Crippen LogP contribution in [0, 0.1) is 5.82 Å². The number of ether oxygens (including phenoxy) is 2. The highest BCUT2D eigenvalue weighted by Gasteiger charge is 2.37. The largest absolute Gasteiger partial charge is 0.477 e. The van der Waals surface area contributed by atoms with E-state index < -0.39 is 50.7 Å². The Hall–Kier alpha value is -3.52. The third-order valence-corrected chi connectivity index (χ3v) is 10.0. The number of alkyl halides is 3. The summed E-state index contributed by atoms with van der Waals surface area (Å²) in [5.74, 6) is -1.12. The second kappa shape index (κ2) is 14.8. The summed E-state index contributed by atoms with van der Waals surface area (Å²) in [5.41, 5.74) is -1.20. The number of halogens is 4. The van der Waals surface area contributed by atoms with Crippen molar-refractivity contribution in [1.82, 2.24) is 14.8 Å². The number of carbonyl (C=O) groups is 2. The second-order valence-electron chi connectivity index (χ2n) is 14.7. The number of piperazine rings is 1. The van der Waals surface area contributed by atoms with Crippen molar-refractivity contribution in [2.75, 3.05) is 74.6 Å². The van der Waals surface area contributed by atoms with Crippen LogP contribution in [-0.2, 0) is 10.9 Å². The van der Waals surface area contributed by atoms with E-state index in [4.69, 9.17) is 9.47 Å². The standard InChI is InChI=1S/C35H49F4N5O4S/c1-22-20-44(21-23(2)42(22)6)30-18-28(36)25(24-10-12-43(13-11-24)33(46)48-34(3,4)5)16-29(30)41-32(45)26-19-40-31(17-27(26)35(37,38)39)47-14-15-49(7,8)9/h10,16-19,22-23H,11-15,20-21H2,1-9H3,(H,41,45)/t22-,23+. The molecule has 49 heavy (non-hydrogen) atoms. The number of aromatic nitrogens is 1. The van der Waals surface area contributed by atoms with Crippen molar-refractivity contribution in [1.29, 1.82) is 0 Å². The van der Waals surface area contributed by atoms with E-state index in [1.165, 1.54) is 17.0 Å². The SMILES string of the molecule is C[C@@H]1CN(c2cc(F)c(C3=CCN(C(=O)OC(C)(C)C)CC3)cc2NC(=O)c2cnc(OCCS(C)(C)C)cc2C(F)(F)F)C[C@H](C)N1C. The highest BCUT2D eigenvalue weighted by atomic mass is 32.3. The number of pyridine rings is 1. The van der Waals surface area contributed by atoms with Gasteiger partial charge in [0.05, 0.1) is 29.1 Å². The van der Waals surface area contributed by atoms with Crippen LogP contribution in [0.1, 0.15) is 62.5 Å². The number of hydrogen-bond donors (Lipinski definition) is 1. The van der Waals surface area contributed by atoms with Crippen LogP contribution < -0.4 is 15.0 Å². The molecule has 2 aromatic rings. The molecule has 2 atom stereocenters. The summed E-state index contributed by atoms with van der Waals surface area (Å²) in [6.45, 7) is 11.1. The summed E-state index contributed by atoms with van der Waals surface area (Å²) in [6.07, 6.45) is 3.77. The Kier molecular flexibility index (Phi) is 11.5. The van der Waals surface area contributed by atoms with Crippen molar-refractivity contribution in [3.63, 3.8) is 0 Å². The predicted octanol–water partition coefficient (Wildman–Crippen LogP) is 7.12. The molecular weight excluding hydrogens is 662 g/mol. The van der Waals surface area contributed by atoms with Crippen molar-refractivity contribution < 1.29 is 36.6 Å². The Labute approximate surface area is 288 Å². The van der Waals surface area contributed by atoms with Crippen LogP contribution in [0.25, 0.3) is 5.57 Å². The molecule has 2 aliphatic heterocycles. The van der Waals surface area contributed by atoms with Crippen molar-refractivity contribution >= 4 is 39.0 Å². The normalized spacial score (nSPS) is 19.7. The molecule has 1 aromatic heterocycles. The topological polar surface area (TPSA) is 87.2 Å². The molecule has 1 fully saturated rings. The minimum absolute atomic E-state index is 0.0865. The summed E-state index contributed by atoms with van der Waals surface area (Å²) < 4.78 is 69.9. The minimum atomic E-state index is -4.87. The van der Waals surface area contributed by atoms with Crippen molar-refractivity contribution in [2.24, 2.45) is 0 Å². The van der Waals surface area contributed by atoms with Gasteiger partial charge in [-0.3, -0.25) is 9.69 Å². The molecule has 1 N–H and O–H groups in total. The molecule has 0 unspecified atom stereocenters. The second-order valence-corrected chi connectivity index (χ2v) is 19.3. The van der Waals surface area contributed by atoms with Gasteiger partial charge in [-0.05, 0) is 84.6 Å². The molecule has 9 nitrogen and oxygen atoms in total. The van der Waals surface area contributed by atoms with Gasteiger partial charge >= 0.3 is 12.3 Å². The molecule has 0 radical (unpaired) electrons. The number of amides is 2. The summed E-state index contributed by atoms with van der Waals surface area (Å²) in [6, 6.07) is 3.72. The fourth-order valence-electron chi connectivity index (χ4n) is 5.69. The molecule has 272 valence electrons. The van der Waals surface area contributed by atoms with Gasteiger partial charge in [-0.1, -0.05) is 6.08 Å². The number of carbonyl (C=O) groups excluding carboxylic acids is 2. The van der Waals surface area contributed by atoms with Crippen molar-refractivity contribution in [2.45, 2.75) is 64.9 Å². The van der Waals surface area contributed by atoms with E-state index in [0.29, 0.717) is 36.5 Å². The molecule has 2 amide bonds. The average Bonchev–Trinajstić information content (AvgIpc) is 2.98. The van der Waals surface area contributed by atoms with Gasteiger partial charge in [0, 0.05) is 61.8 Å². The number of anilines is 2. The molecule has 0 saturated carbocycles. The number of nitrogens with zero attached hydrogens (tertiary/aromatic N) is 4. The maximum absolute atomic E-state index is 16.0. The molecular formula is C35H49F4N5O4S. The third-order valence-electron chi connectivity index (χ3n) is 8.62. The smallest absolute Gasteiger partial charge is 0.417 e. The fourth-order valence-corrected chi connectivity index (χ4v) is 6.28. The van der Waals surface area contributed by atoms with E-state index in [1.54, 1.807) is 26.8 Å². The van der Waals surface area contributed by atoms with Gasteiger partial charge in [0.15, 0.2) is 0 Å². The first kappa shape index (κ1) is 38.3. The Bertz CT molecular complexity index is 1560. The molecule has 2 aliphatic rings. The minimum Gasteiger partial charge on any atom is -0.477 e. The van der Waals surface area contributed by atoms with Gasteiger partial charge < -0.3 is 24.6 Å². The zero-order valence-electron chi connectivity index (χ0n) is 29.8. The first-order chi connectivity index (χ1) is 22.6. The first-order valence-electron chi connectivity index (χ1n) is 16.3. The van der Waals surface area contributed by atoms with Crippen LogP contribution in [0.15, 0.2) is 30.5 Å². The van der Waals surface area contributed by atoms with Gasteiger partial charge in [-0.25, -0.2) is 24.2 Å². The van der Waals surface area contributed by atoms with Crippen molar-refractivity contribution in [3.8, 4) is 5.88 Å². The van der Waals surface area contributed by atoms with Gasteiger partial charge in [-0.2, -0.15) is 13.2 Å². The Morgan fingerprint density at radius 2 is 1.71 bits per heavy atom. The van der Waals surface area contributed by atoms with Crippen LogP contribution in [0.2, 0.25) is 0 Å². The molecule has 14 heteroatoms. The Morgan fingerprint density at radius 1 is 1.06 bits per heavy atom. The fraction of sp³-hybridized carbons (Fsp3) is 0.571. The number of hydrogen-bond acceptors (Lipinski definition) is 7. The van der Waals surface area contributed by atoms with E-state index in [0.717, 1.165) is 12.3 Å². The number of likely N-dealkylation sites (N-methyl/N-ethyl adjacent to an activating group) is 1. The highest BCUT2D eigenvalue weighted by molar-refractivity contribution is 8.32. The maximum Gasteiger partial charge on any atom is 0.417 e. The van der Waals surface area contributed by atoms with Gasteiger partial charge in [0.2, 0.25) is 5.88 Å². The van der Waals surface area contributed by atoms with E-state index in [-0.39, 0.29) is 48.9 Å². The van der Waals surface area contributed by atoms with E-state index >= 15 is 4.39 Å². The average molecular weight is 712 g/mol. The van der Waals surface area contributed by atoms with Crippen LogP contribution in [-0.4, -0.2) is 109 Å². The van der Waals surface area contributed by atoms with Gasteiger partial charge in [0.25, 0.3) is 5.91 Å². The molecule has 1 saturated heterocycles. The van der Waals surface area contributed by atoms with Gasteiger partial charge in [0.1, 0.15) is 11.4 Å². The third kappa shape index (κ3) is 10.0.